The van der Waals surface area contributed by atoms with E-state index in [1.807, 2.05) is 13.8 Å². The summed E-state index contributed by atoms with van der Waals surface area (Å²) < 4.78 is 48.0. The number of rotatable bonds is 11. The van der Waals surface area contributed by atoms with Gasteiger partial charge in [-0.15, -0.1) is 0 Å². The number of methoxy groups -OCH3 is 2. The molecule has 7 N–H and O–H groups in total. The van der Waals surface area contributed by atoms with E-state index in [9.17, 15) is 54.6 Å². The van der Waals surface area contributed by atoms with Gasteiger partial charge in [-0.05, 0) is 51.2 Å². The number of anilines is 2. The lowest BCUT2D eigenvalue weighted by Gasteiger charge is -2.38. The van der Waals surface area contributed by atoms with Gasteiger partial charge in [0, 0.05) is 93.0 Å². The first-order valence-electron chi connectivity index (χ1n) is 27.5. The minimum atomic E-state index is -2.16. The van der Waals surface area contributed by atoms with E-state index in [4.69, 9.17) is 28.8 Å². The molecule has 1 amide bonds. The van der Waals surface area contributed by atoms with Gasteiger partial charge >= 0.3 is 17.7 Å². The van der Waals surface area contributed by atoms with Crippen LogP contribution in [0.5, 0.6) is 28.7 Å². The van der Waals surface area contributed by atoms with Crippen LogP contribution >= 0.6 is 0 Å². The van der Waals surface area contributed by atoms with Crippen LogP contribution in [0.15, 0.2) is 58.3 Å². The number of aliphatic hydroxyl groups excluding tert-OH is 2. The zero-order valence-electron chi connectivity index (χ0n) is 48.1. The van der Waals surface area contributed by atoms with Gasteiger partial charge in [-0.3, -0.25) is 24.2 Å². The van der Waals surface area contributed by atoms with Crippen LogP contribution in [0.3, 0.4) is 0 Å². The lowest BCUT2D eigenvalue weighted by Crippen LogP contribution is -2.46. The number of allylic oxidation sites excluding steroid dienone is 2. The molecular formula is C60H74FN5O16. The molecule has 1 saturated heterocycles. The number of carboxylic acids is 1. The maximum atomic E-state index is 16.6. The Labute approximate surface area is 473 Å². The SMILES string of the molecule is COc1c(N2CCC(N(CC(C)C)N=Cc3c4c(O)c5c(O)c(C)c6c(c5c3O)C(=O)[C@@](C)(OC=C[C@H](OC)[C@@H](C)[C@@H](OC(C)=O)[C@H](C)[C@H](O)[C@H](C)[C@@H](O)[C@@H](C)C=CC=C(C)C(=O)N4)O6)C2)c(F)cc2c(=O)c(C(=O)O)cn(C3CC3)c12. The van der Waals surface area contributed by atoms with Crippen LogP contribution < -0.4 is 25.1 Å². The van der Waals surface area contributed by atoms with Gasteiger partial charge in [0.2, 0.25) is 5.43 Å². The third kappa shape index (κ3) is 11.2. The number of phenolic OH excluding ortho intramolecular Hbond substituents is 3. The number of carbonyl (C=O) groups is 4. The van der Waals surface area contributed by atoms with E-state index in [1.165, 1.54) is 66.5 Å². The molecule has 1 saturated carbocycles. The molecule has 10 atom stereocenters. The number of aromatic hydroxyl groups is 3. The van der Waals surface area contributed by atoms with Gasteiger partial charge in [-0.2, -0.15) is 5.10 Å². The predicted octanol–water partition coefficient (Wildman–Crippen LogP) is 7.82. The molecule has 2 fully saturated rings. The number of esters is 1. The number of halogens is 1. The Balaban J connectivity index is 1.24. The number of Topliss-reactive ketones (excluding diaryl/α,β-unsaturated/α-hetero) is 1. The Kier molecular flexibility index (Phi) is 17.4. The second kappa shape index (κ2) is 23.7. The number of pyridine rings is 1. The van der Waals surface area contributed by atoms with Gasteiger partial charge in [-0.1, -0.05) is 59.8 Å². The summed E-state index contributed by atoms with van der Waals surface area (Å²) in [4.78, 5) is 69.0. The van der Waals surface area contributed by atoms with Crippen molar-refractivity contribution in [3.05, 3.63) is 86.7 Å². The van der Waals surface area contributed by atoms with Crippen LogP contribution in [0.1, 0.15) is 119 Å². The van der Waals surface area contributed by atoms with Crippen molar-refractivity contribution < 1.29 is 77.9 Å². The molecule has 442 valence electrons. The third-order valence-corrected chi connectivity index (χ3v) is 16.4. The molecule has 21 nitrogen and oxygen atoms in total. The van der Waals surface area contributed by atoms with Crippen LogP contribution in [0, 0.1) is 42.3 Å². The summed E-state index contributed by atoms with van der Waals surface area (Å²) in [5.41, 5.74) is -1.89. The Morgan fingerprint density at radius 2 is 1.67 bits per heavy atom. The Hall–Kier alpha value is -7.69. The van der Waals surface area contributed by atoms with Crippen molar-refractivity contribution in [2.45, 2.75) is 131 Å². The van der Waals surface area contributed by atoms with Gasteiger partial charge in [0.15, 0.2) is 17.3 Å². The predicted molar refractivity (Wildman–Crippen MR) is 304 cm³/mol. The largest absolute Gasteiger partial charge is 0.507 e. The van der Waals surface area contributed by atoms with Gasteiger partial charge in [0.1, 0.15) is 34.6 Å². The molecular weight excluding hydrogens is 1070 g/mol. The van der Waals surface area contributed by atoms with E-state index >= 15 is 4.39 Å². The monoisotopic (exact) mass is 1140 g/mol. The van der Waals surface area contributed by atoms with Crippen molar-refractivity contribution in [2.24, 2.45) is 34.7 Å². The number of nitrogens with one attached hydrogen (secondary N) is 1. The van der Waals surface area contributed by atoms with E-state index in [2.05, 4.69) is 5.32 Å². The average Bonchev–Trinajstić information content (AvgIpc) is 4.07. The fraction of sp³-hybridized carbons (Fsp3) is 0.500. The van der Waals surface area contributed by atoms with Gasteiger partial charge in [0.05, 0.1) is 77.0 Å². The molecule has 22 heteroatoms. The van der Waals surface area contributed by atoms with Crippen molar-refractivity contribution in [1.29, 1.82) is 0 Å². The zero-order valence-corrected chi connectivity index (χ0v) is 48.1. The molecule has 9 rings (SSSR count). The van der Waals surface area contributed by atoms with Gasteiger partial charge in [0.25, 0.3) is 11.7 Å². The molecule has 5 heterocycles. The number of benzene rings is 3. The number of aliphatic hydroxyl groups is 2. The number of ether oxygens (including phenoxy) is 5. The quantitative estimate of drug-likeness (QED) is 0.0248. The summed E-state index contributed by atoms with van der Waals surface area (Å²) in [6, 6.07) is 0.468. The number of hydrogen-bond donors (Lipinski definition) is 7. The fourth-order valence-corrected chi connectivity index (χ4v) is 11.6. The van der Waals surface area contributed by atoms with Gasteiger partial charge in [-0.25, -0.2) is 9.18 Å². The molecule has 4 aromatic rings. The molecule has 0 radical (unpaired) electrons. The smallest absolute Gasteiger partial charge is 0.341 e. The molecule has 1 aromatic heterocycles. The summed E-state index contributed by atoms with van der Waals surface area (Å²) in [6.07, 6.45) is 7.46. The normalized spacial score (nSPS) is 26.4. The number of fused-ring (bicyclic) bond motifs is 15. The summed E-state index contributed by atoms with van der Waals surface area (Å²) in [6.45, 7) is 16.9. The summed E-state index contributed by atoms with van der Waals surface area (Å²) >= 11 is 0. The fourth-order valence-electron chi connectivity index (χ4n) is 11.6. The van der Waals surface area contributed by atoms with Crippen molar-refractivity contribution in [3.63, 3.8) is 0 Å². The summed E-state index contributed by atoms with van der Waals surface area (Å²) in [5.74, 6) is -11.6. The number of amides is 1. The lowest BCUT2D eigenvalue weighted by atomic mass is 9.78. The van der Waals surface area contributed by atoms with Crippen LogP contribution in [0.25, 0.3) is 21.7 Å². The summed E-state index contributed by atoms with van der Waals surface area (Å²) in [5, 5.41) is 78.4. The molecule has 5 aliphatic rings. The number of hydrogen-bond acceptors (Lipinski definition) is 18. The second-order valence-corrected chi connectivity index (χ2v) is 22.7. The highest BCUT2D eigenvalue weighted by Gasteiger charge is 2.50. The van der Waals surface area contributed by atoms with Gasteiger partial charge < -0.3 is 69.1 Å². The molecule has 3 aromatic carbocycles. The number of carboxylic acid groups (broad SMARTS) is 1. The standard InChI is InChI=1S/C60H74FN5O16/c1-27(2)24-66(36-18-20-64(25-36)47-40(61)22-37-46(56(47)79-12)65(35-16-17-35)26-39(51(37)71)59(76)77)62-23-38-45-53(73)43-42(52(38)72)44-55(33(8)50(43)70)82-60(10,57(44)74)80-21-19-41(78-11)30(5)54(81-34(9)67)32(7)49(69)31(6)48(68)28(3)14-13-15-29(4)58(75)63-45/h13-15,19,21-23,26-28,30-32,35-36,41,48-49,54,68-70,72-73H,16-18,20,24-25H2,1-12H3,(H,63,75)(H,76,77)/t28-,30+,31+,32+,36?,41-,48-,49+,54+,60-/m0/s1. The number of hydrazone groups is 1. The van der Waals surface area contributed by atoms with Crippen LogP contribution in [0.4, 0.5) is 15.8 Å². The van der Waals surface area contributed by atoms with E-state index in [0.29, 0.717) is 13.0 Å². The number of carbonyl (C=O) groups excluding carboxylic acids is 3. The zero-order chi connectivity index (χ0) is 60.1. The van der Waals surface area contributed by atoms with E-state index in [-0.39, 0.29) is 80.8 Å². The number of aromatic nitrogens is 1. The minimum absolute atomic E-state index is 0.0211. The first-order chi connectivity index (χ1) is 38.7. The minimum Gasteiger partial charge on any atom is -0.507 e. The molecule has 1 unspecified atom stereocenters. The highest BCUT2D eigenvalue weighted by Crippen LogP contribution is 2.55. The van der Waals surface area contributed by atoms with E-state index in [1.54, 1.807) is 54.3 Å². The highest BCUT2D eigenvalue weighted by molar-refractivity contribution is 6.24. The number of nitrogens with zero attached hydrogens (tertiary/aromatic N) is 4. The number of aromatic carboxylic acids is 1. The van der Waals surface area contributed by atoms with Crippen molar-refractivity contribution >= 4 is 62.9 Å². The van der Waals surface area contributed by atoms with Crippen molar-refractivity contribution in [3.8, 4) is 28.7 Å². The van der Waals surface area contributed by atoms with Crippen molar-refractivity contribution in [1.82, 2.24) is 9.58 Å². The molecule has 1 aliphatic carbocycles. The first kappa shape index (κ1) is 60.4. The Morgan fingerprint density at radius 3 is 2.29 bits per heavy atom. The Bertz CT molecular complexity index is 3400. The van der Waals surface area contributed by atoms with Crippen LogP contribution in [-0.4, -0.2) is 140 Å². The number of ketones is 1. The van der Waals surface area contributed by atoms with Crippen molar-refractivity contribution in [2.75, 3.05) is 44.1 Å². The number of phenols is 3. The topological polar surface area (TPSA) is 289 Å². The molecule has 5 bridgehead atoms. The highest BCUT2D eigenvalue weighted by atomic mass is 19.1. The van der Waals surface area contributed by atoms with Crippen LogP contribution in [-0.2, 0) is 23.8 Å². The molecule has 0 spiro atoms. The average molecular weight is 1140 g/mol. The first-order valence-corrected chi connectivity index (χ1v) is 27.5. The third-order valence-electron chi connectivity index (χ3n) is 16.4. The van der Waals surface area contributed by atoms with E-state index in [0.717, 1.165) is 25.2 Å². The maximum absolute atomic E-state index is 16.6. The molecule has 82 heavy (non-hydrogen) atoms. The van der Waals surface area contributed by atoms with E-state index < -0.39 is 129 Å². The second-order valence-electron chi connectivity index (χ2n) is 22.7. The van der Waals surface area contributed by atoms with Crippen LogP contribution in [0.2, 0.25) is 0 Å². The Morgan fingerprint density at radius 1 is 0.976 bits per heavy atom. The molecule has 4 aliphatic heterocycles. The summed E-state index contributed by atoms with van der Waals surface area (Å²) in [7, 11) is 2.77. The maximum Gasteiger partial charge on any atom is 0.341 e. The lowest BCUT2D eigenvalue weighted by molar-refractivity contribution is -0.160.